The molecule has 0 bridgehead atoms. The van der Waals surface area contributed by atoms with Crippen LogP contribution >= 0.6 is 0 Å². The van der Waals surface area contributed by atoms with Crippen LogP contribution in [0.4, 0.5) is 5.69 Å². The van der Waals surface area contributed by atoms with Gasteiger partial charge in [0.05, 0.1) is 12.2 Å². The third kappa shape index (κ3) is 2.45. The Balaban J connectivity index is 2.04. The predicted octanol–water partition coefficient (Wildman–Crippen LogP) is 2.15. The van der Waals surface area contributed by atoms with Gasteiger partial charge in [0, 0.05) is 11.8 Å². The predicted molar refractivity (Wildman–Crippen MR) is 60.6 cm³/mol. The normalized spacial score (nSPS) is 15.5. The van der Waals surface area contributed by atoms with Crippen LogP contribution in [0.5, 0.6) is 5.75 Å². The summed E-state index contributed by atoms with van der Waals surface area (Å²) in [6.45, 7) is 0.655. The minimum atomic E-state index is -0.985. The van der Waals surface area contributed by atoms with Crippen molar-refractivity contribution in [2.75, 3.05) is 12.3 Å². The standard InChI is InChI=1S/C12H15NO3/c13-10-4-9(12(14)15)5-11(6-10)16-7-8-2-1-3-8/h4-6,8H,1-3,7,13H2,(H,14,15). The van der Waals surface area contributed by atoms with Gasteiger partial charge in [0.25, 0.3) is 0 Å². The molecule has 2 rings (SSSR count). The molecule has 1 saturated carbocycles. The fraction of sp³-hybridized carbons (Fsp3) is 0.417. The Morgan fingerprint density at radius 1 is 1.44 bits per heavy atom. The molecule has 3 N–H and O–H groups in total. The highest BCUT2D eigenvalue weighted by Crippen LogP contribution is 2.27. The summed E-state index contributed by atoms with van der Waals surface area (Å²) in [7, 11) is 0. The van der Waals surface area contributed by atoms with E-state index in [-0.39, 0.29) is 5.56 Å². The molecule has 1 fully saturated rings. The zero-order valence-electron chi connectivity index (χ0n) is 8.98. The summed E-state index contributed by atoms with van der Waals surface area (Å²) < 4.78 is 5.54. The molecule has 0 amide bonds. The molecule has 0 spiro atoms. The third-order valence-electron chi connectivity index (χ3n) is 2.89. The molecule has 0 unspecified atom stereocenters. The number of ether oxygens (including phenoxy) is 1. The van der Waals surface area contributed by atoms with Crippen LogP contribution in [0.1, 0.15) is 29.6 Å². The van der Waals surface area contributed by atoms with Crippen molar-refractivity contribution in [1.29, 1.82) is 0 Å². The molecule has 0 heterocycles. The van der Waals surface area contributed by atoms with Gasteiger partial charge in [0.15, 0.2) is 0 Å². The Kier molecular flexibility index (Phi) is 2.99. The van der Waals surface area contributed by atoms with Gasteiger partial charge in [0.2, 0.25) is 0 Å². The third-order valence-corrected chi connectivity index (χ3v) is 2.89. The molecule has 0 atom stereocenters. The van der Waals surface area contributed by atoms with Crippen LogP contribution in [0.3, 0.4) is 0 Å². The summed E-state index contributed by atoms with van der Waals surface area (Å²) in [5.74, 6) is 0.180. The number of anilines is 1. The van der Waals surface area contributed by atoms with Crippen molar-refractivity contribution in [3.05, 3.63) is 23.8 Å². The van der Waals surface area contributed by atoms with E-state index in [1.807, 2.05) is 0 Å². The topological polar surface area (TPSA) is 72.5 Å². The highest BCUT2D eigenvalue weighted by Gasteiger charge is 2.18. The highest BCUT2D eigenvalue weighted by molar-refractivity contribution is 5.89. The fourth-order valence-corrected chi connectivity index (χ4v) is 1.70. The maximum absolute atomic E-state index is 10.8. The molecule has 1 aromatic rings. The number of hydrogen-bond acceptors (Lipinski definition) is 3. The second kappa shape index (κ2) is 4.43. The van der Waals surface area contributed by atoms with E-state index >= 15 is 0 Å². The molecule has 4 heteroatoms. The average molecular weight is 221 g/mol. The number of carbonyl (C=O) groups is 1. The largest absolute Gasteiger partial charge is 0.493 e. The Morgan fingerprint density at radius 2 is 2.19 bits per heavy atom. The molecule has 0 aromatic heterocycles. The van der Waals surface area contributed by atoms with Crippen molar-refractivity contribution < 1.29 is 14.6 Å². The number of nitrogen functional groups attached to an aromatic ring is 1. The number of nitrogens with two attached hydrogens (primary N) is 1. The molecule has 4 nitrogen and oxygen atoms in total. The quantitative estimate of drug-likeness (QED) is 0.764. The maximum atomic E-state index is 10.8. The molecular weight excluding hydrogens is 206 g/mol. The van der Waals surface area contributed by atoms with Crippen LogP contribution in [0.25, 0.3) is 0 Å². The minimum absolute atomic E-state index is 0.170. The van der Waals surface area contributed by atoms with Gasteiger partial charge in [-0.05, 0) is 30.9 Å². The second-order valence-corrected chi connectivity index (χ2v) is 4.20. The van der Waals surface area contributed by atoms with Gasteiger partial charge in [-0.3, -0.25) is 0 Å². The van der Waals surface area contributed by atoms with Crippen molar-refractivity contribution in [2.24, 2.45) is 5.92 Å². The van der Waals surface area contributed by atoms with Gasteiger partial charge in [0.1, 0.15) is 5.75 Å². The van der Waals surface area contributed by atoms with Crippen molar-refractivity contribution in [1.82, 2.24) is 0 Å². The summed E-state index contributed by atoms with van der Waals surface area (Å²) in [5.41, 5.74) is 6.20. The smallest absolute Gasteiger partial charge is 0.335 e. The Morgan fingerprint density at radius 3 is 2.75 bits per heavy atom. The lowest BCUT2D eigenvalue weighted by molar-refractivity contribution is 0.0696. The van der Waals surface area contributed by atoms with Crippen LogP contribution < -0.4 is 10.5 Å². The first-order valence-corrected chi connectivity index (χ1v) is 5.42. The maximum Gasteiger partial charge on any atom is 0.335 e. The Labute approximate surface area is 94.0 Å². The van der Waals surface area contributed by atoms with Crippen LogP contribution in [0.15, 0.2) is 18.2 Å². The van der Waals surface area contributed by atoms with Gasteiger partial charge < -0.3 is 15.6 Å². The van der Waals surface area contributed by atoms with E-state index in [9.17, 15) is 4.79 Å². The summed E-state index contributed by atoms with van der Waals surface area (Å²) in [6.07, 6.45) is 3.67. The fourth-order valence-electron chi connectivity index (χ4n) is 1.70. The molecule has 0 aliphatic heterocycles. The average Bonchev–Trinajstić information content (AvgIpc) is 2.14. The number of carboxylic acids is 1. The number of hydrogen-bond donors (Lipinski definition) is 2. The number of benzene rings is 1. The molecule has 1 aromatic carbocycles. The summed E-state index contributed by atoms with van der Waals surface area (Å²) in [6, 6.07) is 4.60. The molecule has 86 valence electrons. The first-order valence-electron chi connectivity index (χ1n) is 5.42. The zero-order valence-corrected chi connectivity index (χ0v) is 8.98. The summed E-state index contributed by atoms with van der Waals surface area (Å²) in [4.78, 5) is 10.8. The van der Waals surface area contributed by atoms with E-state index in [1.165, 1.54) is 31.4 Å². The number of carboxylic acid groups (broad SMARTS) is 1. The molecule has 0 radical (unpaired) electrons. The van der Waals surface area contributed by atoms with Crippen molar-refractivity contribution in [3.8, 4) is 5.75 Å². The highest BCUT2D eigenvalue weighted by atomic mass is 16.5. The first kappa shape index (κ1) is 10.8. The Bertz CT molecular complexity index is 399. The molecular formula is C12H15NO3. The summed E-state index contributed by atoms with van der Waals surface area (Å²) in [5, 5.41) is 8.86. The lowest BCUT2D eigenvalue weighted by Gasteiger charge is -2.25. The second-order valence-electron chi connectivity index (χ2n) is 4.20. The molecule has 1 aliphatic carbocycles. The summed E-state index contributed by atoms with van der Waals surface area (Å²) >= 11 is 0. The van der Waals surface area contributed by atoms with Crippen LogP contribution in [-0.2, 0) is 0 Å². The van der Waals surface area contributed by atoms with Gasteiger partial charge >= 0.3 is 5.97 Å². The monoisotopic (exact) mass is 221 g/mol. The van der Waals surface area contributed by atoms with E-state index in [0.29, 0.717) is 24.0 Å². The van der Waals surface area contributed by atoms with Gasteiger partial charge in [-0.25, -0.2) is 4.79 Å². The zero-order chi connectivity index (χ0) is 11.5. The van der Waals surface area contributed by atoms with Crippen LogP contribution in [0, 0.1) is 5.92 Å². The van der Waals surface area contributed by atoms with Gasteiger partial charge in [-0.1, -0.05) is 6.42 Å². The van der Waals surface area contributed by atoms with Crippen molar-refractivity contribution in [2.45, 2.75) is 19.3 Å². The number of aromatic carboxylic acids is 1. The molecule has 16 heavy (non-hydrogen) atoms. The van der Waals surface area contributed by atoms with Gasteiger partial charge in [-0.2, -0.15) is 0 Å². The lowest BCUT2D eigenvalue weighted by Crippen LogP contribution is -2.19. The lowest BCUT2D eigenvalue weighted by atomic mass is 9.86. The minimum Gasteiger partial charge on any atom is -0.493 e. The Hall–Kier alpha value is -1.71. The van der Waals surface area contributed by atoms with Crippen LogP contribution in [0.2, 0.25) is 0 Å². The molecule has 1 aliphatic rings. The SMILES string of the molecule is Nc1cc(OCC2CCC2)cc(C(=O)O)c1. The van der Waals surface area contributed by atoms with Crippen LogP contribution in [-0.4, -0.2) is 17.7 Å². The van der Waals surface area contributed by atoms with E-state index in [0.717, 1.165) is 0 Å². The van der Waals surface area contributed by atoms with E-state index in [2.05, 4.69) is 0 Å². The van der Waals surface area contributed by atoms with E-state index < -0.39 is 5.97 Å². The first-order chi connectivity index (χ1) is 7.65. The number of rotatable bonds is 4. The van der Waals surface area contributed by atoms with E-state index in [4.69, 9.17) is 15.6 Å². The van der Waals surface area contributed by atoms with E-state index in [1.54, 1.807) is 6.07 Å². The van der Waals surface area contributed by atoms with Crippen molar-refractivity contribution in [3.63, 3.8) is 0 Å². The molecule has 0 saturated heterocycles. The van der Waals surface area contributed by atoms with Gasteiger partial charge in [-0.15, -0.1) is 0 Å². The van der Waals surface area contributed by atoms with Crippen molar-refractivity contribution >= 4 is 11.7 Å².